The molecule has 7 heteroatoms. The van der Waals surface area contributed by atoms with Gasteiger partial charge in [-0.3, -0.25) is 4.79 Å². The summed E-state index contributed by atoms with van der Waals surface area (Å²) in [5.74, 6) is -0.170. The van der Waals surface area contributed by atoms with Crippen molar-refractivity contribution < 1.29 is 13.2 Å². The average Bonchev–Trinajstić information content (AvgIpc) is 2.09. The van der Waals surface area contributed by atoms with Gasteiger partial charge >= 0.3 is 0 Å². The third kappa shape index (κ3) is 7.11. The maximum atomic E-state index is 11.1. The molecule has 0 fully saturated rings. The number of carbonyl (C=O) groups is 1. The van der Waals surface area contributed by atoms with Gasteiger partial charge in [0, 0.05) is 24.9 Å². The number of hydrogen-bond acceptors (Lipinski definition) is 3. The average molecular weight is 243 g/mol. The van der Waals surface area contributed by atoms with Gasteiger partial charge in [0.1, 0.15) is 0 Å². The first-order valence-corrected chi connectivity index (χ1v) is 6.57. The van der Waals surface area contributed by atoms with Crippen molar-refractivity contribution in [2.45, 2.75) is 6.92 Å². The van der Waals surface area contributed by atoms with Crippen LogP contribution in [0, 0.1) is 5.92 Å². The second-order valence-electron chi connectivity index (χ2n) is 3.01. The van der Waals surface area contributed by atoms with E-state index in [0.717, 1.165) is 6.26 Å². The van der Waals surface area contributed by atoms with E-state index in [2.05, 4.69) is 10.0 Å². The van der Waals surface area contributed by atoms with E-state index in [0.29, 0.717) is 0 Å². The summed E-state index contributed by atoms with van der Waals surface area (Å²) in [5, 5.41) is 2.56. The molecule has 0 aromatic heterocycles. The van der Waals surface area contributed by atoms with E-state index < -0.39 is 10.0 Å². The van der Waals surface area contributed by atoms with Crippen molar-refractivity contribution in [2.75, 3.05) is 25.2 Å². The van der Waals surface area contributed by atoms with E-state index in [1.165, 1.54) is 0 Å². The highest BCUT2D eigenvalue weighted by molar-refractivity contribution is 7.88. The summed E-state index contributed by atoms with van der Waals surface area (Å²) < 4.78 is 23.5. The lowest BCUT2D eigenvalue weighted by atomic mass is 10.2. The van der Waals surface area contributed by atoms with Gasteiger partial charge in [0.05, 0.1) is 6.26 Å². The molecule has 0 aliphatic rings. The number of halogens is 1. The SMILES string of the molecule is CC(CCl)C(=O)NCCNS(C)(=O)=O. The van der Waals surface area contributed by atoms with Gasteiger partial charge in [0.2, 0.25) is 15.9 Å². The molecule has 1 unspecified atom stereocenters. The second kappa shape index (κ2) is 6.21. The summed E-state index contributed by atoms with van der Waals surface area (Å²) in [6, 6.07) is 0. The molecule has 0 spiro atoms. The van der Waals surface area contributed by atoms with Crippen LogP contribution in [0.4, 0.5) is 0 Å². The number of sulfonamides is 1. The van der Waals surface area contributed by atoms with E-state index in [-0.39, 0.29) is 30.8 Å². The minimum atomic E-state index is -3.18. The molecule has 0 saturated carbocycles. The summed E-state index contributed by atoms with van der Waals surface area (Å²) in [6.07, 6.45) is 1.07. The summed E-state index contributed by atoms with van der Waals surface area (Å²) >= 11 is 5.46. The Bertz CT molecular complexity index is 279. The summed E-state index contributed by atoms with van der Waals surface area (Å²) in [5.41, 5.74) is 0. The van der Waals surface area contributed by atoms with E-state index in [9.17, 15) is 13.2 Å². The molecule has 0 aromatic rings. The molecule has 14 heavy (non-hydrogen) atoms. The zero-order chi connectivity index (χ0) is 11.2. The summed E-state index contributed by atoms with van der Waals surface area (Å²) in [4.78, 5) is 11.1. The molecule has 0 aliphatic carbocycles. The number of rotatable bonds is 6. The van der Waals surface area contributed by atoms with Gasteiger partial charge in [0.15, 0.2) is 0 Å². The van der Waals surface area contributed by atoms with Gasteiger partial charge in [-0.1, -0.05) is 6.92 Å². The molecule has 1 atom stereocenters. The molecule has 84 valence electrons. The predicted octanol–water partition coefficient (Wildman–Crippen LogP) is -0.473. The molecule has 0 radical (unpaired) electrons. The van der Waals surface area contributed by atoms with Crippen LogP contribution in [-0.4, -0.2) is 39.6 Å². The number of amides is 1. The lowest BCUT2D eigenvalue weighted by Gasteiger charge is -2.08. The van der Waals surface area contributed by atoms with Crippen LogP contribution < -0.4 is 10.0 Å². The monoisotopic (exact) mass is 242 g/mol. The first-order chi connectivity index (χ1) is 6.37. The number of carbonyl (C=O) groups excluding carboxylic acids is 1. The summed E-state index contributed by atoms with van der Waals surface area (Å²) in [6.45, 7) is 2.17. The van der Waals surface area contributed by atoms with Crippen molar-refractivity contribution in [3.63, 3.8) is 0 Å². The predicted molar refractivity (Wildman–Crippen MR) is 55.7 cm³/mol. The minimum absolute atomic E-state index is 0.171. The maximum absolute atomic E-state index is 11.1. The van der Waals surface area contributed by atoms with Crippen LogP contribution in [0.5, 0.6) is 0 Å². The highest BCUT2D eigenvalue weighted by Crippen LogP contribution is 1.96. The van der Waals surface area contributed by atoms with Crippen molar-refractivity contribution >= 4 is 27.5 Å². The molecular formula is C7H15ClN2O3S. The van der Waals surface area contributed by atoms with Crippen LogP contribution in [0.2, 0.25) is 0 Å². The Kier molecular flexibility index (Phi) is 6.06. The third-order valence-corrected chi connectivity index (χ3v) is 2.66. The second-order valence-corrected chi connectivity index (χ2v) is 5.15. The molecule has 0 saturated heterocycles. The van der Waals surface area contributed by atoms with Gasteiger partial charge in [-0.15, -0.1) is 11.6 Å². The molecule has 0 aromatic carbocycles. The van der Waals surface area contributed by atoms with E-state index >= 15 is 0 Å². The smallest absolute Gasteiger partial charge is 0.224 e. The van der Waals surface area contributed by atoms with Crippen molar-refractivity contribution in [3.8, 4) is 0 Å². The molecule has 1 amide bonds. The minimum Gasteiger partial charge on any atom is -0.355 e. The molecule has 0 bridgehead atoms. The van der Waals surface area contributed by atoms with Crippen LogP contribution in [0.15, 0.2) is 0 Å². The normalized spacial score (nSPS) is 13.6. The highest BCUT2D eigenvalue weighted by atomic mass is 35.5. The molecule has 0 heterocycles. The molecule has 0 rings (SSSR count). The fraction of sp³-hybridized carbons (Fsp3) is 0.857. The van der Waals surface area contributed by atoms with Crippen LogP contribution in [0.1, 0.15) is 6.92 Å². The summed E-state index contributed by atoms with van der Waals surface area (Å²) in [7, 11) is -3.18. The molecule has 5 nitrogen and oxygen atoms in total. The Morgan fingerprint density at radius 2 is 2.00 bits per heavy atom. The molecule has 0 aliphatic heterocycles. The Morgan fingerprint density at radius 1 is 1.43 bits per heavy atom. The zero-order valence-corrected chi connectivity index (χ0v) is 9.78. The molecule has 2 N–H and O–H groups in total. The van der Waals surface area contributed by atoms with Crippen LogP contribution in [0.25, 0.3) is 0 Å². The fourth-order valence-corrected chi connectivity index (χ4v) is 1.28. The van der Waals surface area contributed by atoms with Crippen LogP contribution >= 0.6 is 11.6 Å². The van der Waals surface area contributed by atoms with E-state index in [4.69, 9.17) is 11.6 Å². The lowest BCUT2D eigenvalue weighted by Crippen LogP contribution is -2.37. The quantitative estimate of drug-likeness (QED) is 0.488. The highest BCUT2D eigenvalue weighted by Gasteiger charge is 2.10. The van der Waals surface area contributed by atoms with Gasteiger partial charge < -0.3 is 5.32 Å². The Hall–Kier alpha value is -0.330. The number of alkyl halides is 1. The largest absolute Gasteiger partial charge is 0.355 e. The van der Waals surface area contributed by atoms with Gasteiger partial charge in [-0.25, -0.2) is 13.1 Å². The van der Waals surface area contributed by atoms with Crippen LogP contribution in [0.3, 0.4) is 0 Å². The first-order valence-electron chi connectivity index (χ1n) is 4.15. The van der Waals surface area contributed by atoms with Gasteiger partial charge in [0.25, 0.3) is 0 Å². The third-order valence-electron chi connectivity index (χ3n) is 1.47. The van der Waals surface area contributed by atoms with Gasteiger partial charge in [-0.2, -0.15) is 0 Å². The topological polar surface area (TPSA) is 75.3 Å². The van der Waals surface area contributed by atoms with Crippen molar-refractivity contribution in [1.29, 1.82) is 0 Å². The van der Waals surface area contributed by atoms with E-state index in [1.54, 1.807) is 6.92 Å². The Labute approximate surface area is 89.3 Å². The zero-order valence-electron chi connectivity index (χ0n) is 8.21. The standard InChI is InChI=1S/C7H15ClN2O3S/c1-6(5-8)7(11)9-3-4-10-14(2,12)13/h6,10H,3-5H2,1-2H3,(H,9,11). The fourth-order valence-electron chi connectivity index (χ4n) is 0.666. The van der Waals surface area contributed by atoms with Crippen molar-refractivity contribution in [2.24, 2.45) is 5.92 Å². The van der Waals surface area contributed by atoms with Crippen molar-refractivity contribution in [3.05, 3.63) is 0 Å². The first kappa shape index (κ1) is 13.7. The number of hydrogen-bond donors (Lipinski definition) is 2. The lowest BCUT2D eigenvalue weighted by molar-refractivity contribution is -0.123. The Balaban J connectivity index is 3.61. The number of nitrogens with one attached hydrogen (secondary N) is 2. The van der Waals surface area contributed by atoms with Crippen LogP contribution in [-0.2, 0) is 14.8 Å². The maximum Gasteiger partial charge on any atom is 0.224 e. The van der Waals surface area contributed by atoms with Gasteiger partial charge in [-0.05, 0) is 0 Å². The van der Waals surface area contributed by atoms with E-state index in [1.807, 2.05) is 0 Å². The molecular weight excluding hydrogens is 228 g/mol. The Morgan fingerprint density at radius 3 is 2.43 bits per heavy atom. The van der Waals surface area contributed by atoms with Crippen molar-refractivity contribution in [1.82, 2.24) is 10.0 Å².